The zero-order chi connectivity index (χ0) is 15.2. The second kappa shape index (κ2) is 4.94. The van der Waals surface area contributed by atoms with Gasteiger partial charge in [-0.05, 0) is 50.8 Å². The van der Waals surface area contributed by atoms with Crippen molar-refractivity contribution < 1.29 is 0 Å². The number of rotatable bonds is 3. The predicted molar refractivity (Wildman–Crippen MR) is 92.7 cm³/mol. The molecule has 0 bridgehead atoms. The fourth-order valence-electron chi connectivity index (χ4n) is 3.34. The van der Waals surface area contributed by atoms with Crippen molar-refractivity contribution in [1.82, 2.24) is 4.57 Å². The SMILES string of the molecule is CC1=CC(C)(C)Nc2cccc3c2c1cn3CCC(C)C. The van der Waals surface area contributed by atoms with E-state index in [1.165, 1.54) is 34.1 Å². The Morgan fingerprint density at radius 3 is 2.71 bits per heavy atom. The number of allylic oxidation sites excluding steroid dienone is 1. The van der Waals surface area contributed by atoms with E-state index < -0.39 is 0 Å². The normalized spacial score (nSPS) is 16.8. The molecule has 0 saturated carbocycles. The van der Waals surface area contributed by atoms with Crippen LogP contribution in [0, 0.1) is 5.92 Å². The van der Waals surface area contributed by atoms with Crippen molar-refractivity contribution in [1.29, 1.82) is 0 Å². The molecule has 3 rings (SSSR count). The van der Waals surface area contributed by atoms with Crippen LogP contribution in [0.5, 0.6) is 0 Å². The lowest BCUT2D eigenvalue weighted by Gasteiger charge is -2.23. The largest absolute Gasteiger partial charge is 0.376 e. The molecule has 2 nitrogen and oxygen atoms in total. The van der Waals surface area contributed by atoms with Crippen LogP contribution in [-0.4, -0.2) is 10.1 Å². The smallest absolute Gasteiger partial charge is 0.0507 e. The van der Waals surface area contributed by atoms with Gasteiger partial charge >= 0.3 is 0 Å². The minimum Gasteiger partial charge on any atom is -0.376 e. The molecule has 2 heteroatoms. The molecule has 1 aromatic carbocycles. The maximum absolute atomic E-state index is 3.68. The molecule has 0 spiro atoms. The van der Waals surface area contributed by atoms with Gasteiger partial charge in [-0.1, -0.05) is 26.0 Å². The van der Waals surface area contributed by atoms with Gasteiger partial charge in [-0.3, -0.25) is 0 Å². The van der Waals surface area contributed by atoms with Crippen LogP contribution in [0.15, 0.2) is 30.5 Å². The summed E-state index contributed by atoms with van der Waals surface area (Å²) in [4.78, 5) is 0. The van der Waals surface area contributed by atoms with Crippen LogP contribution in [0.1, 0.15) is 46.6 Å². The number of aryl methyl sites for hydroxylation is 1. The third-order valence-electron chi connectivity index (χ3n) is 4.31. The summed E-state index contributed by atoms with van der Waals surface area (Å²) in [7, 11) is 0. The Balaban J connectivity index is 2.17. The van der Waals surface area contributed by atoms with Gasteiger partial charge in [0.15, 0.2) is 0 Å². The van der Waals surface area contributed by atoms with Gasteiger partial charge in [-0.2, -0.15) is 0 Å². The van der Waals surface area contributed by atoms with Gasteiger partial charge in [-0.15, -0.1) is 0 Å². The molecule has 0 saturated heterocycles. The van der Waals surface area contributed by atoms with Gasteiger partial charge in [0.05, 0.1) is 11.1 Å². The lowest BCUT2D eigenvalue weighted by atomic mass is 10.0. The Kier molecular flexibility index (Phi) is 3.35. The second-order valence-electron chi connectivity index (χ2n) is 7.29. The van der Waals surface area contributed by atoms with Crippen LogP contribution in [0.25, 0.3) is 16.5 Å². The van der Waals surface area contributed by atoms with E-state index in [-0.39, 0.29) is 5.54 Å². The minimum atomic E-state index is -0.00680. The maximum Gasteiger partial charge on any atom is 0.0507 e. The molecule has 1 N–H and O–H groups in total. The van der Waals surface area contributed by atoms with E-state index in [0.717, 1.165) is 12.5 Å². The van der Waals surface area contributed by atoms with E-state index in [4.69, 9.17) is 0 Å². The number of hydrogen-bond donors (Lipinski definition) is 1. The molecule has 0 atom stereocenters. The highest BCUT2D eigenvalue weighted by molar-refractivity contribution is 6.02. The van der Waals surface area contributed by atoms with Gasteiger partial charge in [0.25, 0.3) is 0 Å². The first-order valence-electron chi connectivity index (χ1n) is 7.97. The third kappa shape index (κ3) is 2.59. The van der Waals surface area contributed by atoms with E-state index in [2.05, 4.69) is 75.0 Å². The Bertz CT molecular complexity index is 702. The molecule has 1 aromatic heterocycles. The Labute approximate surface area is 127 Å². The summed E-state index contributed by atoms with van der Waals surface area (Å²) in [6.07, 6.45) is 5.90. The van der Waals surface area contributed by atoms with Crippen LogP contribution in [-0.2, 0) is 6.54 Å². The molecule has 0 fully saturated rings. The highest BCUT2D eigenvalue weighted by Crippen LogP contribution is 2.38. The molecule has 1 aliphatic heterocycles. The van der Waals surface area contributed by atoms with Crippen LogP contribution in [0.2, 0.25) is 0 Å². The summed E-state index contributed by atoms with van der Waals surface area (Å²) in [6.45, 7) is 12.4. The first kappa shape index (κ1) is 14.2. The highest BCUT2D eigenvalue weighted by Gasteiger charge is 2.23. The lowest BCUT2D eigenvalue weighted by molar-refractivity contribution is 0.524. The van der Waals surface area contributed by atoms with Crippen LogP contribution in [0.3, 0.4) is 0 Å². The first-order valence-corrected chi connectivity index (χ1v) is 7.97. The average molecular weight is 282 g/mol. The predicted octanol–water partition coefficient (Wildman–Crippen LogP) is 5.29. The third-order valence-corrected chi connectivity index (χ3v) is 4.31. The number of anilines is 1. The van der Waals surface area contributed by atoms with Crippen molar-refractivity contribution in [2.24, 2.45) is 5.92 Å². The summed E-state index contributed by atoms with van der Waals surface area (Å²) in [6, 6.07) is 6.61. The van der Waals surface area contributed by atoms with E-state index in [0.29, 0.717) is 0 Å². The van der Waals surface area contributed by atoms with Gasteiger partial charge in [0.2, 0.25) is 0 Å². The topological polar surface area (TPSA) is 17.0 Å². The van der Waals surface area contributed by atoms with Gasteiger partial charge in [0, 0.05) is 29.4 Å². The fraction of sp³-hybridized carbons (Fsp3) is 0.474. The van der Waals surface area contributed by atoms with Gasteiger partial charge < -0.3 is 9.88 Å². The number of hydrogen-bond acceptors (Lipinski definition) is 1. The highest BCUT2D eigenvalue weighted by atomic mass is 15.0. The van der Waals surface area contributed by atoms with E-state index in [1.807, 2.05) is 0 Å². The minimum absolute atomic E-state index is 0.00680. The molecule has 2 aromatic rings. The molecular formula is C19H26N2. The molecular weight excluding hydrogens is 256 g/mol. The Hall–Kier alpha value is -1.70. The molecule has 0 radical (unpaired) electrons. The number of aromatic nitrogens is 1. The van der Waals surface area contributed by atoms with Gasteiger partial charge in [0.1, 0.15) is 0 Å². The van der Waals surface area contributed by atoms with Crippen LogP contribution >= 0.6 is 0 Å². The van der Waals surface area contributed by atoms with E-state index in [9.17, 15) is 0 Å². The zero-order valence-corrected chi connectivity index (χ0v) is 13.8. The fourth-order valence-corrected chi connectivity index (χ4v) is 3.34. The molecule has 0 aliphatic carbocycles. The molecule has 1 aliphatic rings. The summed E-state index contributed by atoms with van der Waals surface area (Å²) in [5, 5.41) is 5.06. The van der Waals surface area contributed by atoms with Crippen molar-refractivity contribution in [2.45, 2.75) is 53.1 Å². The average Bonchev–Trinajstić information content (AvgIpc) is 2.70. The van der Waals surface area contributed by atoms with Crippen molar-refractivity contribution in [2.75, 3.05) is 5.32 Å². The molecule has 0 amide bonds. The van der Waals surface area contributed by atoms with Crippen LogP contribution in [0.4, 0.5) is 5.69 Å². The lowest BCUT2D eigenvalue weighted by Crippen LogP contribution is -2.27. The number of nitrogens with one attached hydrogen (secondary N) is 1. The first-order chi connectivity index (χ1) is 9.87. The zero-order valence-electron chi connectivity index (χ0n) is 13.8. The summed E-state index contributed by atoms with van der Waals surface area (Å²) in [5.41, 5.74) is 5.34. The van der Waals surface area contributed by atoms with Crippen molar-refractivity contribution in [3.05, 3.63) is 36.0 Å². The molecule has 2 heterocycles. The van der Waals surface area contributed by atoms with Crippen molar-refractivity contribution >= 4 is 22.2 Å². The summed E-state index contributed by atoms with van der Waals surface area (Å²) >= 11 is 0. The number of benzene rings is 1. The summed E-state index contributed by atoms with van der Waals surface area (Å²) in [5.74, 6) is 0.732. The summed E-state index contributed by atoms with van der Waals surface area (Å²) < 4.78 is 2.42. The number of nitrogens with zero attached hydrogens (tertiary/aromatic N) is 1. The van der Waals surface area contributed by atoms with E-state index >= 15 is 0 Å². The van der Waals surface area contributed by atoms with Gasteiger partial charge in [-0.25, -0.2) is 0 Å². The second-order valence-corrected chi connectivity index (χ2v) is 7.29. The quantitative estimate of drug-likeness (QED) is 0.809. The molecule has 21 heavy (non-hydrogen) atoms. The van der Waals surface area contributed by atoms with Crippen molar-refractivity contribution in [3.8, 4) is 0 Å². The molecule has 0 unspecified atom stereocenters. The molecule has 112 valence electrons. The standard InChI is InChI=1S/C19H26N2/c1-13(2)9-10-21-12-15-14(3)11-19(4,5)20-16-7-6-8-17(21)18(15)16/h6-8,11-13,20H,9-10H2,1-5H3. The van der Waals surface area contributed by atoms with Crippen molar-refractivity contribution in [3.63, 3.8) is 0 Å². The van der Waals surface area contributed by atoms with Crippen LogP contribution < -0.4 is 5.32 Å². The monoisotopic (exact) mass is 282 g/mol. The van der Waals surface area contributed by atoms with E-state index in [1.54, 1.807) is 0 Å². The Morgan fingerprint density at radius 2 is 2.00 bits per heavy atom. The Morgan fingerprint density at radius 1 is 1.24 bits per heavy atom. The maximum atomic E-state index is 3.68.